The first-order valence-electron chi connectivity index (χ1n) is 5.43. The van der Waals surface area contributed by atoms with Crippen molar-refractivity contribution in [3.63, 3.8) is 0 Å². The van der Waals surface area contributed by atoms with Gasteiger partial charge in [-0.15, -0.1) is 0 Å². The van der Waals surface area contributed by atoms with Gasteiger partial charge in [0, 0.05) is 6.07 Å². The molecule has 2 rings (SSSR count). The molecule has 1 aromatic heterocycles. The van der Waals surface area contributed by atoms with E-state index < -0.39 is 27.4 Å². The number of rotatable bonds is 3. The van der Waals surface area contributed by atoms with Crippen molar-refractivity contribution in [3.8, 4) is 0 Å². The summed E-state index contributed by atoms with van der Waals surface area (Å²) in [6, 6.07) is 4.20. The summed E-state index contributed by atoms with van der Waals surface area (Å²) in [6.45, 7) is 0. The SMILES string of the molecule is O=[N+]([O-])c1cc(C(F)(F)F)c(Cl)cc1Nc1cc[c]nc1. The maximum Gasteiger partial charge on any atom is 0.418 e. The maximum absolute atomic E-state index is 12.7. The van der Waals surface area contributed by atoms with Crippen molar-refractivity contribution in [2.75, 3.05) is 5.32 Å². The van der Waals surface area contributed by atoms with Gasteiger partial charge >= 0.3 is 6.18 Å². The number of nitro groups is 1. The Kier molecular flexibility index (Phi) is 3.99. The smallest absolute Gasteiger partial charge is 0.349 e. The van der Waals surface area contributed by atoms with Gasteiger partial charge in [0.2, 0.25) is 0 Å². The van der Waals surface area contributed by atoms with Crippen molar-refractivity contribution in [3.05, 3.63) is 57.4 Å². The quantitative estimate of drug-likeness (QED) is 0.680. The lowest BCUT2D eigenvalue weighted by atomic mass is 10.1. The number of nitro benzene ring substituents is 1. The third-order valence-corrected chi connectivity index (χ3v) is 2.79. The summed E-state index contributed by atoms with van der Waals surface area (Å²) in [5, 5.41) is 12.9. The van der Waals surface area contributed by atoms with Crippen LogP contribution < -0.4 is 5.32 Å². The van der Waals surface area contributed by atoms with Crippen LogP contribution in [0.4, 0.5) is 30.2 Å². The highest BCUT2D eigenvalue weighted by molar-refractivity contribution is 6.31. The Morgan fingerprint density at radius 2 is 2.10 bits per heavy atom. The van der Waals surface area contributed by atoms with Gasteiger partial charge in [-0.1, -0.05) is 11.6 Å². The molecule has 0 aliphatic carbocycles. The van der Waals surface area contributed by atoms with Gasteiger partial charge < -0.3 is 5.32 Å². The van der Waals surface area contributed by atoms with Gasteiger partial charge in [0.1, 0.15) is 5.69 Å². The van der Waals surface area contributed by atoms with Crippen LogP contribution in [0.15, 0.2) is 30.5 Å². The molecule has 0 bridgehead atoms. The molecule has 0 saturated heterocycles. The molecule has 0 atom stereocenters. The summed E-state index contributed by atoms with van der Waals surface area (Å²) >= 11 is 5.55. The van der Waals surface area contributed by atoms with E-state index in [1.807, 2.05) is 0 Å². The minimum atomic E-state index is -4.77. The van der Waals surface area contributed by atoms with Gasteiger partial charge in [0.05, 0.1) is 33.6 Å². The zero-order valence-corrected chi connectivity index (χ0v) is 10.9. The third-order valence-electron chi connectivity index (χ3n) is 2.48. The van der Waals surface area contributed by atoms with Gasteiger partial charge in [-0.25, -0.2) is 0 Å². The molecule has 5 nitrogen and oxygen atoms in total. The van der Waals surface area contributed by atoms with Gasteiger partial charge in [0.15, 0.2) is 0 Å². The number of nitrogens with zero attached hydrogens (tertiary/aromatic N) is 2. The van der Waals surface area contributed by atoms with Crippen molar-refractivity contribution in [1.29, 1.82) is 0 Å². The van der Waals surface area contributed by atoms with E-state index in [0.29, 0.717) is 11.8 Å². The van der Waals surface area contributed by atoms with Crippen LogP contribution in [0, 0.1) is 16.3 Å². The number of benzene rings is 1. The topological polar surface area (TPSA) is 68.1 Å². The van der Waals surface area contributed by atoms with Gasteiger partial charge in [-0.3, -0.25) is 15.1 Å². The molecule has 0 unspecified atom stereocenters. The number of pyridine rings is 1. The normalized spacial score (nSPS) is 11.2. The molecule has 9 heteroatoms. The van der Waals surface area contributed by atoms with E-state index in [2.05, 4.69) is 16.5 Å². The molecule has 0 fully saturated rings. The maximum atomic E-state index is 12.7. The van der Waals surface area contributed by atoms with Crippen molar-refractivity contribution in [2.24, 2.45) is 0 Å². The minimum absolute atomic E-state index is 0.161. The predicted octanol–water partition coefficient (Wildman–Crippen LogP) is 4.21. The number of alkyl halides is 3. The molecule has 1 radical (unpaired) electrons. The second-order valence-electron chi connectivity index (χ2n) is 3.91. The van der Waals surface area contributed by atoms with Crippen molar-refractivity contribution in [2.45, 2.75) is 6.18 Å². The molecule has 1 heterocycles. The van der Waals surface area contributed by atoms with Crippen LogP contribution in [0.5, 0.6) is 0 Å². The number of halogens is 4. The number of hydrogen-bond acceptors (Lipinski definition) is 4. The molecule has 21 heavy (non-hydrogen) atoms. The molecule has 0 amide bonds. The molecule has 1 aromatic carbocycles. The van der Waals surface area contributed by atoms with E-state index in [1.165, 1.54) is 18.3 Å². The highest BCUT2D eigenvalue weighted by Crippen LogP contribution is 2.40. The zero-order valence-electron chi connectivity index (χ0n) is 10.1. The Morgan fingerprint density at radius 1 is 1.38 bits per heavy atom. The third kappa shape index (κ3) is 3.40. The van der Waals surface area contributed by atoms with Crippen molar-refractivity contribution < 1.29 is 18.1 Å². The van der Waals surface area contributed by atoms with Crippen LogP contribution in [0.1, 0.15) is 5.56 Å². The molecule has 0 saturated carbocycles. The number of hydrogen-bond donors (Lipinski definition) is 1. The molecular weight excluding hydrogens is 311 g/mol. The van der Waals surface area contributed by atoms with Gasteiger partial charge in [0.25, 0.3) is 5.69 Å². The molecular formula is C12H6ClF3N3O2. The monoisotopic (exact) mass is 316 g/mol. The number of aromatic nitrogens is 1. The highest BCUT2D eigenvalue weighted by atomic mass is 35.5. The molecule has 0 aliphatic rings. The largest absolute Gasteiger partial charge is 0.418 e. The Hall–Kier alpha value is -2.35. The number of anilines is 2. The fraction of sp³-hybridized carbons (Fsp3) is 0.0833. The minimum Gasteiger partial charge on any atom is -0.349 e. The summed E-state index contributed by atoms with van der Waals surface area (Å²) in [6.07, 6.45) is -0.962. The molecule has 0 spiro atoms. The van der Waals surface area contributed by atoms with Crippen LogP contribution in [-0.4, -0.2) is 9.91 Å². The lowest BCUT2D eigenvalue weighted by Crippen LogP contribution is -2.08. The Bertz CT molecular complexity index is 677. The second-order valence-corrected chi connectivity index (χ2v) is 4.31. The number of nitrogens with one attached hydrogen (secondary N) is 1. The van der Waals surface area contributed by atoms with Crippen LogP contribution >= 0.6 is 11.6 Å². The molecule has 109 valence electrons. The molecule has 2 aromatic rings. The van der Waals surface area contributed by atoms with Crippen LogP contribution in [0.3, 0.4) is 0 Å². The van der Waals surface area contributed by atoms with E-state index in [0.717, 1.165) is 6.07 Å². The fourth-order valence-electron chi connectivity index (χ4n) is 1.58. The zero-order chi connectivity index (χ0) is 15.6. The predicted molar refractivity (Wildman–Crippen MR) is 69.5 cm³/mol. The van der Waals surface area contributed by atoms with Crippen LogP contribution in [0.25, 0.3) is 0 Å². The summed E-state index contributed by atoms with van der Waals surface area (Å²) < 4.78 is 38.1. The molecule has 1 N–H and O–H groups in total. The standard InChI is InChI=1S/C12H6ClF3N3O2/c13-9-5-10(18-7-2-1-3-17-6-7)11(19(20)21)4-8(9)12(14,15)16/h1-2,4-6,18H. The first kappa shape index (κ1) is 15.0. The Labute approximate surface area is 121 Å². The van der Waals surface area contributed by atoms with Gasteiger partial charge in [-0.2, -0.15) is 13.2 Å². The van der Waals surface area contributed by atoms with E-state index in [-0.39, 0.29) is 5.69 Å². The van der Waals surface area contributed by atoms with E-state index >= 15 is 0 Å². The summed E-state index contributed by atoms with van der Waals surface area (Å²) in [5.41, 5.74) is -1.81. The second kappa shape index (κ2) is 5.57. The average molecular weight is 317 g/mol. The van der Waals surface area contributed by atoms with E-state index in [1.54, 1.807) is 0 Å². The first-order valence-corrected chi connectivity index (χ1v) is 5.81. The summed E-state index contributed by atoms with van der Waals surface area (Å²) in [4.78, 5) is 13.7. The first-order chi connectivity index (χ1) is 9.79. The Balaban J connectivity index is 2.51. The van der Waals surface area contributed by atoms with E-state index in [9.17, 15) is 23.3 Å². The van der Waals surface area contributed by atoms with E-state index in [4.69, 9.17) is 11.6 Å². The fourth-order valence-corrected chi connectivity index (χ4v) is 1.85. The van der Waals surface area contributed by atoms with Crippen molar-refractivity contribution in [1.82, 2.24) is 4.98 Å². The van der Waals surface area contributed by atoms with Crippen LogP contribution in [-0.2, 0) is 6.18 Å². The summed E-state index contributed by atoms with van der Waals surface area (Å²) in [5.74, 6) is 0. The summed E-state index contributed by atoms with van der Waals surface area (Å²) in [7, 11) is 0. The average Bonchev–Trinajstić information content (AvgIpc) is 2.38. The van der Waals surface area contributed by atoms with Crippen molar-refractivity contribution >= 4 is 28.7 Å². The van der Waals surface area contributed by atoms with Crippen LogP contribution in [0.2, 0.25) is 5.02 Å². The highest BCUT2D eigenvalue weighted by Gasteiger charge is 2.36. The van der Waals surface area contributed by atoms with Gasteiger partial charge in [-0.05, 0) is 18.2 Å². The lowest BCUT2D eigenvalue weighted by molar-refractivity contribution is -0.384. The Morgan fingerprint density at radius 3 is 2.62 bits per heavy atom. The lowest BCUT2D eigenvalue weighted by Gasteiger charge is -2.12. The molecule has 0 aliphatic heterocycles.